The van der Waals surface area contributed by atoms with Crippen LogP contribution >= 0.6 is 0 Å². The molecule has 2 fully saturated rings. The molecule has 3 N–H and O–H groups in total. The smallest absolute Gasteiger partial charge is 0.237 e. The summed E-state index contributed by atoms with van der Waals surface area (Å²) in [5.41, 5.74) is 3.24. The van der Waals surface area contributed by atoms with Crippen LogP contribution in [0.2, 0.25) is 0 Å². The first-order chi connectivity index (χ1) is 18.0. The first kappa shape index (κ1) is 25.3. The predicted octanol–water partition coefficient (Wildman–Crippen LogP) is 2.85. The number of β-amino-alcohol motifs (C(OH)–C–C–N with tert-alkyl or cyclic N) is 1. The number of aliphatic hydroxyl groups is 1. The highest BCUT2D eigenvalue weighted by atomic mass is 16.5. The van der Waals surface area contributed by atoms with E-state index >= 15 is 0 Å². The molecule has 2 amide bonds. The minimum Gasteiger partial charge on any atom is -0.497 e. The molecule has 8 nitrogen and oxygen atoms in total. The van der Waals surface area contributed by atoms with Crippen LogP contribution in [-0.4, -0.2) is 76.6 Å². The van der Waals surface area contributed by atoms with Gasteiger partial charge in [0.15, 0.2) is 0 Å². The second-order valence-electron chi connectivity index (χ2n) is 10.1. The Hall–Kier alpha value is -3.36. The van der Waals surface area contributed by atoms with Crippen molar-refractivity contribution in [3.8, 4) is 5.75 Å². The van der Waals surface area contributed by atoms with Gasteiger partial charge in [0.05, 0.1) is 19.3 Å². The number of benzene rings is 2. The van der Waals surface area contributed by atoms with E-state index < -0.39 is 6.10 Å². The zero-order valence-electron chi connectivity index (χ0n) is 21.4. The molecule has 2 aliphatic heterocycles. The summed E-state index contributed by atoms with van der Waals surface area (Å²) in [4.78, 5) is 33.4. The highest BCUT2D eigenvalue weighted by molar-refractivity contribution is 5.84. The molecule has 8 heteroatoms. The lowest BCUT2D eigenvalue weighted by Gasteiger charge is -2.39. The van der Waals surface area contributed by atoms with E-state index in [1.807, 2.05) is 53.6 Å². The molecule has 3 heterocycles. The summed E-state index contributed by atoms with van der Waals surface area (Å²) in [7, 11) is 1.62. The zero-order valence-corrected chi connectivity index (χ0v) is 21.4. The highest BCUT2D eigenvalue weighted by Crippen LogP contribution is 2.27. The van der Waals surface area contributed by atoms with Crippen LogP contribution in [0.5, 0.6) is 5.75 Å². The molecule has 0 radical (unpaired) electrons. The zero-order chi connectivity index (χ0) is 25.8. The molecule has 3 aromatic rings. The highest BCUT2D eigenvalue weighted by Gasteiger charge is 2.40. The quantitative estimate of drug-likeness (QED) is 0.438. The minimum atomic E-state index is -0.511. The molecule has 5 rings (SSSR count). The van der Waals surface area contributed by atoms with Crippen LogP contribution in [0, 0.1) is 0 Å². The number of aliphatic hydroxyl groups excluding tert-OH is 1. The van der Waals surface area contributed by atoms with E-state index in [0.29, 0.717) is 39.0 Å². The van der Waals surface area contributed by atoms with Crippen molar-refractivity contribution in [2.75, 3.05) is 26.7 Å². The number of para-hydroxylation sites is 1. The second-order valence-corrected chi connectivity index (χ2v) is 10.1. The van der Waals surface area contributed by atoms with Crippen LogP contribution in [0.25, 0.3) is 10.9 Å². The fraction of sp³-hybridized carbons (Fsp3) is 0.448. The van der Waals surface area contributed by atoms with E-state index in [9.17, 15) is 14.7 Å². The van der Waals surface area contributed by atoms with Gasteiger partial charge < -0.3 is 25.0 Å². The maximum Gasteiger partial charge on any atom is 0.237 e. The summed E-state index contributed by atoms with van der Waals surface area (Å²) >= 11 is 0. The van der Waals surface area contributed by atoms with E-state index in [1.54, 1.807) is 7.11 Å². The number of fused-ring (bicyclic) bond motifs is 1. The van der Waals surface area contributed by atoms with Gasteiger partial charge in [0, 0.05) is 55.7 Å². The number of ether oxygens (including phenoxy) is 1. The van der Waals surface area contributed by atoms with Crippen LogP contribution in [0.4, 0.5) is 0 Å². The number of aromatic amines is 1. The van der Waals surface area contributed by atoms with Gasteiger partial charge in [-0.3, -0.25) is 14.5 Å². The summed E-state index contributed by atoms with van der Waals surface area (Å²) in [6, 6.07) is 15.6. The van der Waals surface area contributed by atoms with Gasteiger partial charge in [-0.05, 0) is 55.0 Å². The lowest BCUT2D eigenvalue weighted by Crippen LogP contribution is -2.52. The summed E-state index contributed by atoms with van der Waals surface area (Å²) < 4.78 is 5.26. The van der Waals surface area contributed by atoms with Crippen LogP contribution in [-0.2, 0) is 22.6 Å². The topological polar surface area (TPSA) is 97.9 Å². The number of hydrogen-bond acceptors (Lipinski definition) is 5. The summed E-state index contributed by atoms with van der Waals surface area (Å²) in [6.45, 7) is 2.28. The first-order valence-electron chi connectivity index (χ1n) is 13.2. The molecular weight excluding hydrogens is 468 g/mol. The third-order valence-corrected chi connectivity index (χ3v) is 7.79. The molecule has 0 bridgehead atoms. The number of amides is 2. The number of carbonyl (C=O) groups excluding carboxylic acids is 2. The molecule has 196 valence electrons. The van der Waals surface area contributed by atoms with Gasteiger partial charge in [0.1, 0.15) is 5.75 Å². The number of nitrogens with zero attached hydrogens (tertiary/aromatic N) is 2. The standard InChI is InChI=1S/C29H36N4O4/c1-37-24-6-4-5-20(15-24)17-31-29(36)27-16-23(34)19-33(27)22-11-13-32(14-12-22)28(35)10-9-21-18-30-26-8-3-2-7-25(21)26/h2-8,15,18,22-23,27,30,34H,9-14,16-17,19H2,1H3,(H,31,36)/t23-,27+/m1/s1. The van der Waals surface area contributed by atoms with Crippen molar-refractivity contribution in [2.24, 2.45) is 0 Å². The molecule has 1 aromatic heterocycles. The van der Waals surface area contributed by atoms with Crippen molar-refractivity contribution in [3.63, 3.8) is 0 Å². The number of carbonyl (C=O) groups is 2. The third-order valence-electron chi connectivity index (χ3n) is 7.79. The maximum atomic E-state index is 13.1. The average Bonchev–Trinajstić information content (AvgIpc) is 3.54. The Morgan fingerprint density at radius 2 is 1.95 bits per heavy atom. The summed E-state index contributed by atoms with van der Waals surface area (Å²) in [6.07, 6.45) is 4.76. The number of likely N-dealkylation sites (tertiary alicyclic amines) is 2. The number of hydrogen-bond donors (Lipinski definition) is 3. The molecule has 2 atom stereocenters. The van der Waals surface area contributed by atoms with Gasteiger partial charge >= 0.3 is 0 Å². The molecule has 2 aromatic carbocycles. The van der Waals surface area contributed by atoms with Crippen molar-refractivity contribution in [2.45, 2.75) is 56.8 Å². The number of rotatable bonds is 8. The van der Waals surface area contributed by atoms with E-state index in [4.69, 9.17) is 4.74 Å². The Morgan fingerprint density at radius 1 is 1.14 bits per heavy atom. The van der Waals surface area contributed by atoms with Crippen LogP contribution < -0.4 is 10.1 Å². The molecule has 2 aliphatic rings. The van der Waals surface area contributed by atoms with E-state index in [-0.39, 0.29) is 23.9 Å². The van der Waals surface area contributed by atoms with E-state index in [0.717, 1.165) is 36.1 Å². The number of H-pyrrole nitrogens is 1. The van der Waals surface area contributed by atoms with Gasteiger partial charge in [-0.25, -0.2) is 0 Å². The molecule has 2 saturated heterocycles. The van der Waals surface area contributed by atoms with Crippen molar-refractivity contribution >= 4 is 22.7 Å². The number of aryl methyl sites for hydroxylation is 1. The molecule has 37 heavy (non-hydrogen) atoms. The van der Waals surface area contributed by atoms with Gasteiger partial charge in [-0.1, -0.05) is 30.3 Å². The molecule has 0 aliphatic carbocycles. The molecule has 0 spiro atoms. The van der Waals surface area contributed by atoms with Crippen molar-refractivity contribution < 1.29 is 19.4 Å². The van der Waals surface area contributed by atoms with Crippen LogP contribution in [0.15, 0.2) is 54.7 Å². The fourth-order valence-corrected chi connectivity index (χ4v) is 5.77. The lowest BCUT2D eigenvalue weighted by atomic mass is 10.0. The first-order valence-corrected chi connectivity index (χ1v) is 13.2. The Bertz CT molecular complexity index is 1230. The minimum absolute atomic E-state index is 0.0587. The lowest BCUT2D eigenvalue weighted by molar-refractivity contribution is -0.134. The van der Waals surface area contributed by atoms with E-state index in [2.05, 4.69) is 21.3 Å². The Labute approximate surface area is 217 Å². The molecule has 0 saturated carbocycles. The molecule has 0 unspecified atom stereocenters. The second kappa shape index (κ2) is 11.4. The van der Waals surface area contributed by atoms with Gasteiger partial charge in [0.25, 0.3) is 0 Å². The van der Waals surface area contributed by atoms with Gasteiger partial charge in [-0.15, -0.1) is 0 Å². The van der Waals surface area contributed by atoms with Crippen LogP contribution in [0.3, 0.4) is 0 Å². The Morgan fingerprint density at radius 3 is 2.76 bits per heavy atom. The largest absolute Gasteiger partial charge is 0.497 e. The molecular formula is C29H36N4O4. The third kappa shape index (κ3) is 5.81. The number of nitrogens with one attached hydrogen (secondary N) is 2. The van der Waals surface area contributed by atoms with Crippen LogP contribution in [0.1, 0.15) is 36.8 Å². The Balaban J connectivity index is 1.12. The van der Waals surface area contributed by atoms with Crippen molar-refractivity contribution in [1.82, 2.24) is 20.1 Å². The Kier molecular flexibility index (Phi) is 7.76. The predicted molar refractivity (Wildman–Crippen MR) is 142 cm³/mol. The fourth-order valence-electron chi connectivity index (χ4n) is 5.77. The number of aromatic nitrogens is 1. The normalized spacial score (nSPS) is 20.9. The SMILES string of the molecule is COc1cccc(CNC(=O)[C@@H]2C[C@@H](O)CN2C2CCN(C(=O)CCc3c[nH]c4ccccc34)CC2)c1. The summed E-state index contributed by atoms with van der Waals surface area (Å²) in [5.74, 6) is 0.877. The van der Waals surface area contributed by atoms with Gasteiger partial charge in [-0.2, -0.15) is 0 Å². The summed E-state index contributed by atoms with van der Waals surface area (Å²) in [5, 5.41) is 14.6. The van der Waals surface area contributed by atoms with Crippen molar-refractivity contribution in [3.05, 3.63) is 65.9 Å². The van der Waals surface area contributed by atoms with Crippen molar-refractivity contribution in [1.29, 1.82) is 0 Å². The maximum absolute atomic E-state index is 13.1. The number of methoxy groups -OCH3 is 1. The average molecular weight is 505 g/mol. The van der Waals surface area contributed by atoms with Gasteiger partial charge in [0.2, 0.25) is 11.8 Å². The monoisotopic (exact) mass is 504 g/mol. The van der Waals surface area contributed by atoms with E-state index in [1.165, 1.54) is 10.9 Å². The number of piperidine rings is 1.